The van der Waals surface area contributed by atoms with Gasteiger partial charge >= 0.3 is 0 Å². The van der Waals surface area contributed by atoms with Gasteiger partial charge in [0.05, 0.1) is 6.42 Å². The molecule has 0 heterocycles. The van der Waals surface area contributed by atoms with Crippen LogP contribution in [0.2, 0.25) is 0 Å². The molecule has 16 heavy (non-hydrogen) atoms. The molecule has 0 spiro atoms. The number of carbonyl (C=O) groups excluding carboxylic acids is 2. The molecule has 0 saturated heterocycles. The van der Waals surface area contributed by atoms with Crippen molar-refractivity contribution in [2.75, 3.05) is 7.05 Å². The highest BCUT2D eigenvalue weighted by Crippen LogP contribution is 2.25. The van der Waals surface area contributed by atoms with Crippen LogP contribution in [0.3, 0.4) is 0 Å². The van der Waals surface area contributed by atoms with Gasteiger partial charge < -0.3 is 5.73 Å². The second-order valence-corrected chi connectivity index (χ2v) is 3.23. The van der Waals surface area contributed by atoms with E-state index >= 15 is 0 Å². The van der Waals surface area contributed by atoms with E-state index in [1.807, 2.05) is 0 Å². The molecule has 7 heteroatoms. The number of nitrogens with two attached hydrogens (primary N) is 1. The normalized spacial score (nSPS) is 10.6. The second kappa shape index (κ2) is 6.00. The number of hydrogen-bond donors (Lipinski definition) is 1. The third kappa shape index (κ3) is 5.90. The summed E-state index contributed by atoms with van der Waals surface area (Å²) in [6, 6.07) is 0. The number of nitrogens with zero attached hydrogens (tertiary/aromatic N) is 2. The molecule has 0 saturated carbocycles. The Morgan fingerprint density at radius 1 is 1.56 bits per heavy atom. The Kier molecular flexibility index (Phi) is 5.36. The second-order valence-electron chi connectivity index (χ2n) is 3.23. The first-order chi connectivity index (χ1) is 7.28. The van der Waals surface area contributed by atoms with Crippen LogP contribution in [0.5, 0.6) is 0 Å². The highest BCUT2D eigenvalue weighted by atomic mass is 19.3. The van der Waals surface area contributed by atoms with Gasteiger partial charge in [-0.25, -0.2) is 8.78 Å². The van der Waals surface area contributed by atoms with Gasteiger partial charge in [-0.1, -0.05) is 0 Å². The molecule has 2 N–H and O–H groups in total. The lowest BCUT2D eigenvalue weighted by atomic mass is 10.1. The number of alkyl halides is 2. The molecule has 0 aromatic carbocycles. The third-order valence-corrected chi connectivity index (χ3v) is 1.79. The zero-order valence-corrected chi connectivity index (χ0v) is 8.74. The van der Waals surface area contributed by atoms with E-state index in [0.717, 1.165) is 0 Å². The van der Waals surface area contributed by atoms with E-state index in [0.29, 0.717) is 11.3 Å². The minimum Gasteiger partial charge on any atom is -0.370 e. The number of hydrogen-bond acceptors (Lipinski definition) is 3. The maximum atomic E-state index is 13.0. The molecule has 0 atom stereocenters. The van der Waals surface area contributed by atoms with Gasteiger partial charge in [0.15, 0.2) is 6.19 Å². The van der Waals surface area contributed by atoms with E-state index in [2.05, 4.69) is 0 Å². The van der Waals surface area contributed by atoms with Crippen LogP contribution >= 0.6 is 0 Å². The van der Waals surface area contributed by atoms with Crippen LogP contribution in [0, 0.1) is 17.9 Å². The lowest BCUT2D eigenvalue weighted by molar-refractivity contribution is -0.125. The number of nitriles is 1. The Bertz CT molecular complexity index is 312. The Balaban J connectivity index is 4.04. The Morgan fingerprint density at radius 3 is 2.56 bits per heavy atom. The quantitative estimate of drug-likeness (QED) is 0.531. The highest BCUT2D eigenvalue weighted by Gasteiger charge is 2.30. The average Bonchev–Trinajstić information content (AvgIpc) is 2.22. The van der Waals surface area contributed by atoms with E-state index in [9.17, 15) is 18.4 Å². The minimum atomic E-state index is -3.17. The van der Waals surface area contributed by atoms with E-state index in [-0.39, 0.29) is 0 Å². The van der Waals surface area contributed by atoms with Crippen molar-refractivity contribution >= 4 is 11.8 Å². The summed E-state index contributed by atoms with van der Waals surface area (Å²) < 4.78 is 26.0. The molecule has 0 fully saturated rings. The van der Waals surface area contributed by atoms with Crippen molar-refractivity contribution < 1.29 is 18.4 Å². The minimum absolute atomic E-state index is 0.441. The zero-order valence-electron chi connectivity index (χ0n) is 8.74. The molecule has 0 rings (SSSR count). The maximum absolute atomic E-state index is 13.0. The summed E-state index contributed by atoms with van der Waals surface area (Å²) in [7, 11) is 1.17. The smallest absolute Gasteiger partial charge is 0.249 e. The van der Waals surface area contributed by atoms with Gasteiger partial charge in [0, 0.05) is 26.3 Å². The van der Waals surface area contributed by atoms with E-state index in [4.69, 9.17) is 11.0 Å². The summed E-state index contributed by atoms with van der Waals surface area (Å²) in [6.07, 6.45) is 0.236. The molecule has 0 unspecified atom stereocenters. The van der Waals surface area contributed by atoms with Crippen LogP contribution < -0.4 is 5.73 Å². The van der Waals surface area contributed by atoms with Crippen molar-refractivity contribution in [3.05, 3.63) is 6.42 Å². The van der Waals surface area contributed by atoms with Crippen molar-refractivity contribution in [1.82, 2.24) is 4.90 Å². The monoisotopic (exact) mass is 232 g/mol. The van der Waals surface area contributed by atoms with Crippen molar-refractivity contribution in [3.8, 4) is 6.19 Å². The predicted molar refractivity (Wildman–Crippen MR) is 50.7 cm³/mol. The Morgan fingerprint density at radius 2 is 2.12 bits per heavy atom. The van der Waals surface area contributed by atoms with E-state index < -0.39 is 37.0 Å². The first-order valence-electron chi connectivity index (χ1n) is 4.45. The molecule has 0 bridgehead atoms. The van der Waals surface area contributed by atoms with E-state index in [1.54, 1.807) is 0 Å². The van der Waals surface area contributed by atoms with Crippen molar-refractivity contribution in [2.45, 2.75) is 25.2 Å². The van der Waals surface area contributed by atoms with Gasteiger partial charge in [-0.2, -0.15) is 5.26 Å². The fourth-order valence-corrected chi connectivity index (χ4v) is 0.831. The Hall–Kier alpha value is -1.71. The summed E-state index contributed by atoms with van der Waals surface area (Å²) in [5, 5.41) is 8.30. The molecule has 89 valence electrons. The lowest BCUT2D eigenvalue weighted by Crippen LogP contribution is -2.26. The van der Waals surface area contributed by atoms with Crippen molar-refractivity contribution in [1.29, 1.82) is 5.26 Å². The first kappa shape index (κ1) is 14.3. The van der Waals surface area contributed by atoms with Crippen molar-refractivity contribution in [3.63, 3.8) is 0 Å². The fraction of sp³-hybridized carbons (Fsp3) is 0.556. The SMILES string of the molecule is CN(C#N)C(=O)[CH]CC(F)(F)CCC(N)=O. The fourth-order valence-electron chi connectivity index (χ4n) is 0.831. The predicted octanol–water partition coefficient (Wildman–Crippen LogP) is 0.421. The lowest BCUT2D eigenvalue weighted by Gasteiger charge is -2.15. The van der Waals surface area contributed by atoms with Crippen LogP contribution in [0.4, 0.5) is 8.78 Å². The zero-order chi connectivity index (χ0) is 12.8. The van der Waals surface area contributed by atoms with Gasteiger partial charge in [-0.3, -0.25) is 14.5 Å². The largest absolute Gasteiger partial charge is 0.370 e. The highest BCUT2D eigenvalue weighted by molar-refractivity contribution is 5.85. The standard InChI is InChI=1S/C9H12F2N3O2/c1-14(6-12)8(16)3-5-9(10,11)4-2-7(13)15/h3H,2,4-5H2,1H3,(H2,13,15). The first-order valence-corrected chi connectivity index (χ1v) is 4.45. The molecule has 0 aliphatic carbocycles. The van der Waals surface area contributed by atoms with Crippen LogP contribution in [0.15, 0.2) is 0 Å². The molecular formula is C9H12F2N3O2. The number of carbonyl (C=O) groups is 2. The number of primary amides is 1. The van der Waals surface area contributed by atoms with Crippen LogP contribution in [0.25, 0.3) is 0 Å². The van der Waals surface area contributed by atoms with Crippen molar-refractivity contribution in [2.24, 2.45) is 5.73 Å². The van der Waals surface area contributed by atoms with Crippen LogP contribution in [-0.4, -0.2) is 29.7 Å². The van der Waals surface area contributed by atoms with Gasteiger partial charge in [0.25, 0.3) is 0 Å². The molecule has 0 aromatic heterocycles. The van der Waals surface area contributed by atoms with Gasteiger partial charge in [0.1, 0.15) is 0 Å². The van der Waals surface area contributed by atoms with E-state index in [1.165, 1.54) is 13.2 Å². The van der Waals surface area contributed by atoms with Crippen LogP contribution in [0.1, 0.15) is 19.3 Å². The van der Waals surface area contributed by atoms with Crippen LogP contribution in [-0.2, 0) is 9.59 Å². The topological polar surface area (TPSA) is 87.2 Å². The third-order valence-electron chi connectivity index (χ3n) is 1.79. The molecule has 5 nitrogen and oxygen atoms in total. The summed E-state index contributed by atoms with van der Waals surface area (Å²) in [6.45, 7) is 0. The van der Waals surface area contributed by atoms with Gasteiger partial charge in [0.2, 0.25) is 17.7 Å². The summed E-state index contributed by atoms with van der Waals surface area (Å²) in [5.74, 6) is -4.79. The molecule has 1 radical (unpaired) electrons. The number of rotatable bonds is 6. The molecule has 2 amide bonds. The summed E-state index contributed by atoms with van der Waals surface area (Å²) in [4.78, 5) is 21.9. The Labute approximate surface area is 91.8 Å². The number of amides is 2. The van der Waals surface area contributed by atoms with Gasteiger partial charge in [-0.05, 0) is 0 Å². The molecule has 0 aromatic rings. The molecular weight excluding hydrogens is 220 g/mol. The summed E-state index contributed by atoms with van der Waals surface area (Å²) >= 11 is 0. The number of halogens is 2. The molecule has 0 aliphatic rings. The molecule has 0 aliphatic heterocycles. The average molecular weight is 232 g/mol. The van der Waals surface area contributed by atoms with Gasteiger partial charge in [-0.15, -0.1) is 0 Å². The summed E-state index contributed by atoms with van der Waals surface area (Å²) in [5.41, 5.74) is 4.72. The maximum Gasteiger partial charge on any atom is 0.249 e.